The van der Waals surface area contributed by atoms with Gasteiger partial charge in [-0.05, 0) is 32.9 Å². The standard InChI is InChI=1S/C17H17ClF4N4O5S/c1-16(2,3)30-15(27)25-4-5-26-12(8-25)23-24-14(26)9-6-10(18)13(11(19)7-9)31-32(28,29)17(20,21)22/h6-7H,4-5,8H2,1-3H3. The van der Waals surface area contributed by atoms with E-state index in [4.69, 9.17) is 16.3 Å². The number of carbonyl (C=O) groups excluding carboxylic acids is 1. The van der Waals surface area contributed by atoms with Crippen molar-refractivity contribution < 1.29 is 39.7 Å². The minimum atomic E-state index is -6.11. The molecule has 32 heavy (non-hydrogen) atoms. The Morgan fingerprint density at radius 1 is 1.16 bits per heavy atom. The second-order valence-electron chi connectivity index (χ2n) is 7.75. The van der Waals surface area contributed by atoms with Gasteiger partial charge in [0.1, 0.15) is 5.60 Å². The molecule has 1 aromatic heterocycles. The van der Waals surface area contributed by atoms with Gasteiger partial charge >= 0.3 is 21.7 Å². The van der Waals surface area contributed by atoms with Crippen LogP contribution < -0.4 is 4.18 Å². The monoisotopic (exact) mass is 500 g/mol. The molecule has 0 aliphatic carbocycles. The average Bonchev–Trinajstić information content (AvgIpc) is 3.05. The molecule has 0 atom stereocenters. The van der Waals surface area contributed by atoms with Gasteiger partial charge < -0.3 is 13.5 Å². The Balaban J connectivity index is 1.87. The van der Waals surface area contributed by atoms with Crippen molar-refractivity contribution in [2.24, 2.45) is 0 Å². The van der Waals surface area contributed by atoms with Crippen molar-refractivity contribution in [1.29, 1.82) is 0 Å². The van der Waals surface area contributed by atoms with Crippen LogP contribution in [0, 0.1) is 5.82 Å². The van der Waals surface area contributed by atoms with Gasteiger partial charge in [0.15, 0.2) is 23.2 Å². The lowest BCUT2D eigenvalue weighted by Crippen LogP contribution is -2.41. The molecule has 1 aliphatic heterocycles. The molecule has 0 saturated heterocycles. The molecule has 2 heterocycles. The molecule has 0 saturated carbocycles. The van der Waals surface area contributed by atoms with Gasteiger partial charge in [-0.3, -0.25) is 4.90 Å². The van der Waals surface area contributed by atoms with Gasteiger partial charge in [0.2, 0.25) is 0 Å². The number of hydrogen-bond donors (Lipinski definition) is 0. The number of hydrogen-bond acceptors (Lipinski definition) is 7. The molecule has 0 radical (unpaired) electrons. The number of amides is 1. The average molecular weight is 501 g/mol. The maximum Gasteiger partial charge on any atom is 0.534 e. The van der Waals surface area contributed by atoms with E-state index < -0.39 is 43.9 Å². The first kappa shape index (κ1) is 24.0. The lowest BCUT2D eigenvalue weighted by molar-refractivity contribution is -0.0500. The molecular formula is C17H17ClF4N4O5S. The number of benzene rings is 1. The molecule has 0 spiro atoms. The summed E-state index contributed by atoms with van der Waals surface area (Å²) in [6.45, 7) is 5.68. The lowest BCUT2D eigenvalue weighted by atomic mass is 10.2. The summed E-state index contributed by atoms with van der Waals surface area (Å²) < 4.78 is 85.0. The third-order valence-electron chi connectivity index (χ3n) is 4.14. The van der Waals surface area contributed by atoms with Gasteiger partial charge in [-0.2, -0.15) is 21.6 Å². The Labute approximate surface area is 185 Å². The van der Waals surface area contributed by atoms with E-state index in [2.05, 4.69) is 14.4 Å². The smallest absolute Gasteiger partial charge is 0.444 e. The number of alkyl halides is 3. The predicted octanol–water partition coefficient (Wildman–Crippen LogP) is 3.72. The Bertz CT molecular complexity index is 1140. The van der Waals surface area contributed by atoms with Crippen molar-refractivity contribution in [2.75, 3.05) is 6.54 Å². The Morgan fingerprint density at radius 3 is 2.38 bits per heavy atom. The van der Waals surface area contributed by atoms with E-state index in [9.17, 15) is 30.8 Å². The van der Waals surface area contributed by atoms with Crippen molar-refractivity contribution >= 4 is 27.8 Å². The molecule has 9 nitrogen and oxygen atoms in total. The fourth-order valence-corrected chi connectivity index (χ4v) is 3.55. The Kier molecular flexibility index (Phi) is 6.06. The van der Waals surface area contributed by atoms with E-state index in [-0.39, 0.29) is 31.0 Å². The number of ether oxygens (including phenoxy) is 1. The summed E-state index contributed by atoms with van der Waals surface area (Å²) in [5, 5.41) is 7.18. The van der Waals surface area contributed by atoms with Crippen LogP contribution in [0.2, 0.25) is 5.02 Å². The molecule has 1 aromatic carbocycles. The van der Waals surface area contributed by atoms with Crippen LogP contribution in [0.4, 0.5) is 22.4 Å². The van der Waals surface area contributed by atoms with Crippen LogP contribution in [0.25, 0.3) is 11.4 Å². The highest BCUT2D eigenvalue weighted by Gasteiger charge is 2.49. The largest absolute Gasteiger partial charge is 0.534 e. The van der Waals surface area contributed by atoms with Crippen molar-refractivity contribution in [3.05, 3.63) is 28.8 Å². The van der Waals surface area contributed by atoms with Crippen molar-refractivity contribution in [1.82, 2.24) is 19.7 Å². The van der Waals surface area contributed by atoms with Crippen LogP contribution in [0.3, 0.4) is 0 Å². The highest BCUT2D eigenvalue weighted by molar-refractivity contribution is 7.88. The minimum Gasteiger partial charge on any atom is -0.444 e. The third-order valence-corrected chi connectivity index (χ3v) is 5.37. The fourth-order valence-electron chi connectivity index (χ4n) is 2.78. The first-order valence-corrected chi connectivity index (χ1v) is 10.8. The maximum atomic E-state index is 14.4. The van der Waals surface area contributed by atoms with E-state index in [1.54, 1.807) is 25.3 Å². The molecule has 3 rings (SSSR count). The minimum absolute atomic E-state index is 0.0220. The highest BCUT2D eigenvalue weighted by atomic mass is 35.5. The summed E-state index contributed by atoms with van der Waals surface area (Å²) in [7, 11) is -6.11. The lowest BCUT2D eigenvalue weighted by Gasteiger charge is -2.30. The number of fused-ring (bicyclic) bond motifs is 1. The zero-order valence-electron chi connectivity index (χ0n) is 16.9. The summed E-state index contributed by atoms with van der Waals surface area (Å²) in [6, 6.07) is 1.73. The number of nitrogens with zero attached hydrogens (tertiary/aromatic N) is 4. The van der Waals surface area contributed by atoms with Crippen LogP contribution in [0.1, 0.15) is 26.6 Å². The van der Waals surface area contributed by atoms with Gasteiger partial charge in [0, 0.05) is 18.7 Å². The molecule has 15 heteroatoms. The SMILES string of the molecule is CC(C)(C)OC(=O)N1CCn2c(nnc2-c2cc(F)c(OS(=O)(=O)C(F)(F)F)c(Cl)c2)C1. The zero-order chi connectivity index (χ0) is 24.1. The van der Waals surface area contributed by atoms with Gasteiger partial charge in [-0.1, -0.05) is 11.6 Å². The molecule has 0 N–H and O–H groups in total. The van der Waals surface area contributed by atoms with E-state index >= 15 is 0 Å². The molecule has 1 aliphatic rings. The summed E-state index contributed by atoms with van der Waals surface area (Å²) in [5.74, 6) is -2.26. The van der Waals surface area contributed by atoms with Gasteiger partial charge in [0.25, 0.3) is 0 Å². The third kappa shape index (κ3) is 4.90. The van der Waals surface area contributed by atoms with E-state index in [1.165, 1.54) is 4.90 Å². The summed E-state index contributed by atoms with van der Waals surface area (Å²) in [5.41, 5.74) is -6.42. The summed E-state index contributed by atoms with van der Waals surface area (Å²) in [4.78, 5) is 13.7. The molecule has 2 aromatic rings. The van der Waals surface area contributed by atoms with E-state index in [0.29, 0.717) is 5.82 Å². The van der Waals surface area contributed by atoms with Crippen LogP contribution in [-0.2, 0) is 27.9 Å². The van der Waals surface area contributed by atoms with Crippen molar-refractivity contribution in [3.63, 3.8) is 0 Å². The Hall–Kier alpha value is -2.61. The van der Waals surface area contributed by atoms with Crippen molar-refractivity contribution in [3.8, 4) is 17.1 Å². The maximum absolute atomic E-state index is 14.4. The molecule has 0 fully saturated rings. The molecule has 0 unspecified atom stereocenters. The first-order valence-electron chi connectivity index (χ1n) is 8.99. The number of rotatable bonds is 3. The van der Waals surface area contributed by atoms with Crippen LogP contribution in [0.5, 0.6) is 5.75 Å². The van der Waals surface area contributed by atoms with Crippen LogP contribution in [-0.4, -0.2) is 51.8 Å². The second kappa shape index (κ2) is 8.06. The summed E-state index contributed by atoms with van der Waals surface area (Å²) in [6.07, 6.45) is -0.547. The van der Waals surface area contributed by atoms with Gasteiger partial charge in [0.05, 0.1) is 11.6 Å². The first-order chi connectivity index (χ1) is 14.6. The second-order valence-corrected chi connectivity index (χ2v) is 9.69. The molecule has 0 bridgehead atoms. The van der Waals surface area contributed by atoms with Crippen LogP contribution >= 0.6 is 11.6 Å². The number of carbonyl (C=O) groups is 1. The normalized spacial score (nSPS) is 14.8. The molecule has 1 amide bonds. The van der Waals surface area contributed by atoms with E-state index in [0.717, 1.165) is 12.1 Å². The number of aromatic nitrogens is 3. The highest BCUT2D eigenvalue weighted by Crippen LogP contribution is 2.37. The summed E-state index contributed by atoms with van der Waals surface area (Å²) >= 11 is 5.79. The predicted molar refractivity (Wildman–Crippen MR) is 103 cm³/mol. The molecular weight excluding hydrogens is 484 g/mol. The topological polar surface area (TPSA) is 104 Å². The number of halogens is 5. The zero-order valence-corrected chi connectivity index (χ0v) is 18.5. The quantitative estimate of drug-likeness (QED) is 0.359. The Morgan fingerprint density at radius 2 is 1.81 bits per heavy atom. The van der Waals surface area contributed by atoms with Gasteiger partial charge in [-0.25, -0.2) is 9.18 Å². The molecule has 176 valence electrons. The van der Waals surface area contributed by atoms with Crippen molar-refractivity contribution in [2.45, 2.75) is 45.0 Å². The van der Waals surface area contributed by atoms with Gasteiger partial charge in [-0.15, -0.1) is 10.2 Å². The van der Waals surface area contributed by atoms with E-state index in [1.807, 2.05) is 0 Å². The fraction of sp³-hybridized carbons (Fsp3) is 0.471. The van der Waals surface area contributed by atoms with Crippen LogP contribution in [0.15, 0.2) is 12.1 Å².